The molecule has 1 saturated heterocycles. The molecule has 0 spiro atoms. The largest absolute Gasteiger partial charge is 0.469 e. The van der Waals surface area contributed by atoms with Crippen LogP contribution in [0.1, 0.15) is 38.4 Å². The minimum absolute atomic E-state index is 0.0000827. The van der Waals surface area contributed by atoms with Crippen molar-refractivity contribution >= 4 is 11.9 Å². The summed E-state index contributed by atoms with van der Waals surface area (Å²) in [5, 5.41) is 9.44. The Balaban J connectivity index is 1.73. The van der Waals surface area contributed by atoms with Gasteiger partial charge >= 0.3 is 0 Å². The third kappa shape index (κ3) is 8.58. The zero-order valence-corrected chi connectivity index (χ0v) is 15.1. The monoisotopic (exact) mass is 350 g/mol. The summed E-state index contributed by atoms with van der Waals surface area (Å²) in [4.78, 5) is 15.5. The van der Waals surface area contributed by atoms with Gasteiger partial charge in [0.15, 0.2) is 5.96 Å². The lowest BCUT2D eigenvalue weighted by Crippen LogP contribution is -2.40. The van der Waals surface area contributed by atoms with Crippen LogP contribution in [0.3, 0.4) is 0 Å². The molecule has 3 N–H and O–H groups in total. The number of aliphatic imine (C=N–C) groups is 1. The molecule has 0 aromatic carbocycles. The molecule has 2 rings (SSSR count). The standard InChI is InChI=1S/C18H30N4O3/c1-15(23)19-9-5-10-20-18(21-11-8-16-7-4-13-24-16)22-14-17-6-2-3-12-25-17/h4,7,13,17H,2-3,5-6,8-12,14H2,1H3,(H,19,23)(H2,20,21,22). The van der Waals surface area contributed by atoms with Gasteiger partial charge in [-0.15, -0.1) is 0 Å². The fraction of sp³-hybridized carbons (Fsp3) is 0.667. The van der Waals surface area contributed by atoms with E-state index in [1.807, 2.05) is 12.1 Å². The van der Waals surface area contributed by atoms with Crippen LogP contribution < -0.4 is 16.0 Å². The maximum Gasteiger partial charge on any atom is 0.216 e. The van der Waals surface area contributed by atoms with Crippen molar-refractivity contribution in [2.45, 2.75) is 45.1 Å². The lowest BCUT2D eigenvalue weighted by atomic mass is 10.1. The molecule has 0 radical (unpaired) electrons. The van der Waals surface area contributed by atoms with Gasteiger partial charge in [0.2, 0.25) is 5.91 Å². The lowest BCUT2D eigenvalue weighted by Gasteiger charge is -2.21. The maximum absolute atomic E-state index is 10.9. The van der Waals surface area contributed by atoms with Crippen molar-refractivity contribution < 1.29 is 13.9 Å². The number of ether oxygens (including phenoxy) is 1. The number of carbonyl (C=O) groups is 1. The number of nitrogens with one attached hydrogen (secondary N) is 3. The summed E-state index contributed by atoms with van der Waals surface area (Å²) < 4.78 is 11.1. The van der Waals surface area contributed by atoms with Gasteiger partial charge in [-0.1, -0.05) is 0 Å². The number of hydrogen-bond donors (Lipinski definition) is 3. The number of guanidine groups is 1. The van der Waals surface area contributed by atoms with Crippen LogP contribution in [0.4, 0.5) is 0 Å². The number of amides is 1. The third-order valence-electron chi connectivity index (χ3n) is 3.99. The molecule has 1 aromatic heterocycles. The van der Waals surface area contributed by atoms with Crippen LogP contribution in [0.2, 0.25) is 0 Å². The molecule has 140 valence electrons. The third-order valence-corrected chi connectivity index (χ3v) is 3.99. The number of carbonyl (C=O) groups excluding carboxylic acids is 1. The van der Waals surface area contributed by atoms with Gasteiger partial charge in [0.05, 0.1) is 18.9 Å². The molecule has 1 aliphatic heterocycles. The lowest BCUT2D eigenvalue weighted by molar-refractivity contribution is -0.118. The molecule has 1 atom stereocenters. The van der Waals surface area contributed by atoms with Crippen LogP contribution in [0.25, 0.3) is 0 Å². The summed E-state index contributed by atoms with van der Waals surface area (Å²) in [5.41, 5.74) is 0. The van der Waals surface area contributed by atoms with Crippen LogP contribution in [0, 0.1) is 0 Å². The van der Waals surface area contributed by atoms with Gasteiger partial charge in [-0.3, -0.25) is 9.79 Å². The summed E-state index contributed by atoms with van der Waals surface area (Å²) in [6.07, 6.45) is 6.99. The second kappa shape index (κ2) is 11.5. The van der Waals surface area contributed by atoms with E-state index in [-0.39, 0.29) is 12.0 Å². The van der Waals surface area contributed by atoms with Crippen molar-refractivity contribution in [3.63, 3.8) is 0 Å². The van der Waals surface area contributed by atoms with Crippen molar-refractivity contribution in [2.75, 3.05) is 32.8 Å². The fourth-order valence-electron chi connectivity index (χ4n) is 2.64. The first-order valence-electron chi connectivity index (χ1n) is 9.14. The van der Waals surface area contributed by atoms with E-state index in [0.717, 1.165) is 57.1 Å². The van der Waals surface area contributed by atoms with Gasteiger partial charge in [0.25, 0.3) is 0 Å². The Morgan fingerprint density at radius 1 is 1.24 bits per heavy atom. The maximum atomic E-state index is 10.9. The van der Waals surface area contributed by atoms with E-state index in [4.69, 9.17) is 9.15 Å². The first kappa shape index (κ1) is 19.3. The van der Waals surface area contributed by atoms with Crippen LogP contribution in [-0.4, -0.2) is 50.8 Å². The van der Waals surface area contributed by atoms with Gasteiger partial charge in [-0.25, -0.2) is 0 Å². The zero-order valence-electron chi connectivity index (χ0n) is 15.1. The Labute approximate surface area is 149 Å². The molecule has 7 heteroatoms. The summed E-state index contributed by atoms with van der Waals surface area (Å²) in [6, 6.07) is 3.86. The molecule has 7 nitrogen and oxygen atoms in total. The summed E-state index contributed by atoms with van der Waals surface area (Å²) in [7, 11) is 0. The normalized spacial score (nSPS) is 18.0. The number of rotatable bonds is 9. The highest BCUT2D eigenvalue weighted by atomic mass is 16.5. The van der Waals surface area contributed by atoms with E-state index in [1.165, 1.54) is 13.3 Å². The molecular weight excluding hydrogens is 320 g/mol. The summed E-state index contributed by atoms with van der Waals surface area (Å²) in [5.74, 6) is 1.73. The van der Waals surface area contributed by atoms with E-state index in [2.05, 4.69) is 20.9 Å². The Hall–Kier alpha value is -2.02. The molecule has 1 aromatic rings. The highest BCUT2D eigenvalue weighted by molar-refractivity contribution is 5.79. The molecule has 2 heterocycles. The Kier molecular flexibility index (Phi) is 8.90. The van der Waals surface area contributed by atoms with Crippen LogP contribution in [-0.2, 0) is 16.0 Å². The summed E-state index contributed by atoms with van der Waals surface area (Å²) in [6.45, 7) is 5.19. The molecule has 0 saturated carbocycles. The zero-order chi connectivity index (χ0) is 17.7. The van der Waals surface area contributed by atoms with Gasteiger partial charge < -0.3 is 25.1 Å². The summed E-state index contributed by atoms with van der Waals surface area (Å²) >= 11 is 0. The Morgan fingerprint density at radius 3 is 2.80 bits per heavy atom. The smallest absolute Gasteiger partial charge is 0.216 e. The predicted octanol–water partition coefficient (Wildman–Crippen LogP) is 1.45. The van der Waals surface area contributed by atoms with Crippen molar-refractivity contribution in [3.05, 3.63) is 24.2 Å². The van der Waals surface area contributed by atoms with Gasteiger partial charge in [-0.05, 0) is 37.8 Å². The molecule has 1 aliphatic rings. The van der Waals surface area contributed by atoms with E-state index in [1.54, 1.807) is 6.26 Å². The molecule has 25 heavy (non-hydrogen) atoms. The van der Waals surface area contributed by atoms with Crippen molar-refractivity contribution in [3.8, 4) is 0 Å². The number of furan rings is 1. The van der Waals surface area contributed by atoms with Crippen LogP contribution >= 0.6 is 0 Å². The van der Waals surface area contributed by atoms with E-state index in [9.17, 15) is 4.79 Å². The number of hydrogen-bond acceptors (Lipinski definition) is 4. The van der Waals surface area contributed by atoms with Crippen molar-refractivity contribution in [1.82, 2.24) is 16.0 Å². The Morgan fingerprint density at radius 2 is 2.08 bits per heavy atom. The molecule has 1 unspecified atom stereocenters. The van der Waals surface area contributed by atoms with Gasteiger partial charge in [0, 0.05) is 39.6 Å². The average Bonchev–Trinajstić information content (AvgIpc) is 3.13. The number of nitrogens with zero attached hydrogens (tertiary/aromatic N) is 1. The van der Waals surface area contributed by atoms with E-state index < -0.39 is 0 Å². The van der Waals surface area contributed by atoms with Gasteiger partial charge in [-0.2, -0.15) is 0 Å². The van der Waals surface area contributed by atoms with Crippen molar-refractivity contribution in [2.24, 2.45) is 4.99 Å². The second-order valence-electron chi connectivity index (χ2n) is 6.20. The SMILES string of the molecule is CC(=O)NCCCNC(=NCC1CCCCO1)NCCc1ccco1. The minimum atomic E-state index is -0.0000827. The minimum Gasteiger partial charge on any atom is -0.469 e. The first-order chi connectivity index (χ1) is 12.2. The molecule has 1 fully saturated rings. The molecular formula is C18H30N4O3. The molecule has 1 amide bonds. The second-order valence-corrected chi connectivity index (χ2v) is 6.20. The van der Waals surface area contributed by atoms with E-state index >= 15 is 0 Å². The molecule has 0 bridgehead atoms. The fourth-order valence-corrected chi connectivity index (χ4v) is 2.64. The first-order valence-corrected chi connectivity index (χ1v) is 9.14. The average molecular weight is 350 g/mol. The highest BCUT2D eigenvalue weighted by Crippen LogP contribution is 2.12. The highest BCUT2D eigenvalue weighted by Gasteiger charge is 2.13. The Bertz CT molecular complexity index is 510. The van der Waals surface area contributed by atoms with Crippen molar-refractivity contribution in [1.29, 1.82) is 0 Å². The predicted molar refractivity (Wildman–Crippen MR) is 97.6 cm³/mol. The van der Waals surface area contributed by atoms with E-state index in [0.29, 0.717) is 13.1 Å². The van der Waals surface area contributed by atoms with Gasteiger partial charge in [0.1, 0.15) is 5.76 Å². The quantitative estimate of drug-likeness (QED) is 0.356. The van der Waals surface area contributed by atoms with Crippen LogP contribution in [0.15, 0.2) is 27.8 Å². The van der Waals surface area contributed by atoms with Crippen LogP contribution in [0.5, 0.6) is 0 Å². The molecule has 0 aliphatic carbocycles. The topological polar surface area (TPSA) is 87.9 Å².